The molecule has 0 radical (unpaired) electrons. The van der Waals surface area contributed by atoms with Crippen molar-refractivity contribution in [3.8, 4) is 5.75 Å². The van der Waals surface area contributed by atoms with Crippen LogP contribution in [0.25, 0.3) is 0 Å². The van der Waals surface area contributed by atoms with Crippen LogP contribution in [-0.2, 0) is 16.4 Å². The number of hydrogen-bond acceptors (Lipinski definition) is 4. The number of benzene rings is 3. The lowest BCUT2D eigenvalue weighted by Crippen LogP contribution is -2.29. The second-order valence-corrected chi connectivity index (χ2v) is 9.17. The quantitative estimate of drug-likeness (QED) is 0.608. The number of rotatable bonds is 5. The summed E-state index contributed by atoms with van der Waals surface area (Å²) in [5, 5.41) is 2.58. The van der Waals surface area contributed by atoms with E-state index in [1.807, 2.05) is 12.1 Å². The smallest absolute Gasteiger partial charge is 0.264 e. The lowest BCUT2D eigenvalue weighted by molar-refractivity contribution is 0.102. The van der Waals surface area contributed by atoms with Crippen molar-refractivity contribution >= 4 is 38.9 Å². The Morgan fingerprint density at radius 1 is 1.13 bits per heavy atom. The first-order valence-corrected chi connectivity index (χ1v) is 11.2. The van der Waals surface area contributed by atoms with Gasteiger partial charge in [-0.2, -0.15) is 0 Å². The summed E-state index contributed by atoms with van der Waals surface area (Å²) in [6, 6.07) is 14.9. The van der Waals surface area contributed by atoms with E-state index in [0.29, 0.717) is 18.7 Å². The first-order chi connectivity index (χ1) is 14.8. The van der Waals surface area contributed by atoms with Gasteiger partial charge in [-0.25, -0.2) is 12.8 Å². The zero-order valence-electron chi connectivity index (χ0n) is 16.4. The van der Waals surface area contributed by atoms with Crippen molar-refractivity contribution in [3.63, 3.8) is 0 Å². The van der Waals surface area contributed by atoms with Gasteiger partial charge in [-0.15, -0.1) is 0 Å². The monoisotopic (exact) mass is 460 g/mol. The molecule has 1 heterocycles. The van der Waals surface area contributed by atoms with Gasteiger partial charge in [-0.3, -0.25) is 9.10 Å². The van der Waals surface area contributed by atoms with Gasteiger partial charge in [0.25, 0.3) is 15.9 Å². The predicted octanol–water partition coefficient (Wildman–Crippen LogP) is 4.49. The number of nitrogens with zero attached hydrogens (tertiary/aromatic N) is 1. The number of anilines is 2. The number of nitrogens with one attached hydrogen (secondary N) is 1. The van der Waals surface area contributed by atoms with Crippen molar-refractivity contribution in [1.29, 1.82) is 0 Å². The molecule has 0 aromatic heterocycles. The molecule has 0 saturated carbocycles. The highest BCUT2D eigenvalue weighted by atomic mass is 35.5. The Balaban J connectivity index is 1.70. The van der Waals surface area contributed by atoms with Crippen LogP contribution in [0.2, 0.25) is 5.02 Å². The van der Waals surface area contributed by atoms with Crippen LogP contribution < -0.4 is 14.4 Å². The summed E-state index contributed by atoms with van der Waals surface area (Å²) in [7, 11) is -2.52. The van der Waals surface area contributed by atoms with E-state index in [-0.39, 0.29) is 26.9 Å². The number of ether oxygens (including phenoxy) is 1. The molecule has 1 N–H and O–H groups in total. The minimum Gasteiger partial charge on any atom is -0.496 e. The van der Waals surface area contributed by atoms with Crippen molar-refractivity contribution in [2.45, 2.75) is 11.3 Å². The molecule has 3 aromatic rings. The summed E-state index contributed by atoms with van der Waals surface area (Å²) >= 11 is 5.98. The fraction of sp³-hybridized carbons (Fsp3) is 0.136. The van der Waals surface area contributed by atoms with Gasteiger partial charge in [0.2, 0.25) is 0 Å². The summed E-state index contributed by atoms with van der Waals surface area (Å²) in [5.41, 5.74) is 1.78. The fourth-order valence-electron chi connectivity index (χ4n) is 3.49. The molecule has 0 unspecified atom stereocenters. The third-order valence-corrected chi connectivity index (χ3v) is 7.15. The highest BCUT2D eigenvalue weighted by molar-refractivity contribution is 7.92. The number of sulfonamides is 1. The number of hydrogen-bond donors (Lipinski definition) is 1. The first-order valence-electron chi connectivity index (χ1n) is 9.36. The largest absolute Gasteiger partial charge is 0.496 e. The number of carbonyl (C=O) groups excluding carboxylic acids is 1. The summed E-state index contributed by atoms with van der Waals surface area (Å²) in [6.45, 7) is 0.320. The average molecular weight is 461 g/mol. The van der Waals surface area contributed by atoms with Crippen LogP contribution in [0.5, 0.6) is 5.75 Å². The second-order valence-electron chi connectivity index (χ2n) is 6.90. The molecule has 3 aromatic carbocycles. The third kappa shape index (κ3) is 3.96. The zero-order chi connectivity index (χ0) is 22.2. The molecule has 31 heavy (non-hydrogen) atoms. The number of halogens is 2. The Bertz CT molecular complexity index is 1280. The third-order valence-electron chi connectivity index (χ3n) is 5.03. The molecular weight excluding hydrogens is 443 g/mol. The van der Waals surface area contributed by atoms with Gasteiger partial charge < -0.3 is 10.1 Å². The Morgan fingerprint density at radius 3 is 2.65 bits per heavy atom. The molecule has 1 aliphatic heterocycles. The molecule has 6 nitrogen and oxygen atoms in total. The van der Waals surface area contributed by atoms with E-state index in [9.17, 15) is 17.6 Å². The lowest BCUT2D eigenvalue weighted by Gasteiger charge is -2.20. The van der Waals surface area contributed by atoms with Crippen LogP contribution in [0.15, 0.2) is 65.6 Å². The molecule has 160 valence electrons. The van der Waals surface area contributed by atoms with Crippen molar-refractivity contribution in [3.05, 3.63) is 82.6 Å². The van der Waals surface area contributed by atoms with Gasteiger partial charge in [0.1, 0.15) is 11.6 Å². The second kappa shape index (κ2) is 8.20. The van der Waals surface area contributed by atoms with Crippen LogP contribution in [0.1, 0.15) is 15.9 Å². The number of carbonyl (C=O) groups is 1. The highest BCUT2D eigenvalue weighted by Crippen LogP contribution is 2.34. The lowest BCUT2D eigenvalue weighted by atomic mass is 10.2. The maximum Gasteiger partial charge on any atom is 0.264 e. The molecule has 0 saturated heterocycles. The van der Waals surface area contributed by atoms with Crippen LogP contribution >= 0.6 is 11.6 Å². The maximum absolute atomic E-state index is 13.3. The van der Waals surface area contributed by atoms with Crippen LogP contribution in [0, 0.1) is 5.82 Å². The van der Waals surface area contributed by atoms with Gasteiger partial charge in [0, 0.05) is 6.54 Å². The summed E-state index contributed by atoms with van der Waals surface area (Å²) in [6.07, 6.45) is 0.613. The summed E-state index contributed by atoms with van der Waals surface area (Å²) in [5.74, 6) is -0.986. The molecule has 0 bridgehead atoms. The van der Waals surface area contributed by atoms with Gasteiger partial charge in [-0.05, 0) is 54.4 Å². The zero-order valence-corrected chi connectivity index (χ0v) is 18.0. The standard InChI is InChI=1S/C22H18ClFN2O4S/c1-30-21-9-7-16(31(28,29)26-11-10-14-4-2-3-5-20(14)26)13-17(21)22(27)25-19-8-6-15(24)12-18(19)23/h2-9,12-13H,10-11H2,1H3,(H,25,27). The van der Waals surface area contributed by atoms with E-state index < -0.39 is 21.7 Å². The van der Waals surface area contributed by atoms with Gasteiger partial charge >= 0.3 is 0 Å². The molecule has 1 aliphatic rings. The van der Waals surface area contributed by atoms with Gasteiger partial charge in [-0.1, -0.05) is 29.8 Å². The molecule has 4 rings (SSSR count). The SMILES string of the molecule is COc1ccc(S(=O)(=O)N2CCc3ccccc32)cc1C(=O)Nc1ccc(F)cc1Cl. The molecule has 0 aliphatic carbocycles. The highest BCUT2D eigenvalue weighted by Gasteiger charge is 2.31. The summed E-state index contributed by atoms with van der Waals surface area (Å²) in [4.78, 5) is 12.8. The molecule has 0 fully saturated rings. The van der Waals surface area contributed by atoms with E-state index in [1.165, 1.54) is 35.7 Å². The Hall–Kier alpha value is -3.10. The van der Waals surface area contributed by atoms with Crippen LogP contribution in [-0.4, -0.2) is 28.0 Å². The molecule has 1 amide bonds. The predicted molar refractivity (Wildman–Crippen MR) is 117 cm³/mol. The fourth-order valence-corrected chi connectivity index (χ4v) is 5.23. The average Bonchev–Trinajstić information content (AvgIpc) is 3.20. The van der Waals surface area contributed by atoms with E-state index >= 15 is 0 Å². The first kappa shape index (κ1) is 21.1. The minimum absolute atomic E-state index is 0.0106. The molecule has 0 atom stereocenters. The Morgan fingerprint density at radius 2 is 1.90 bits per heavy atom. The topological polar surface area (TPSA) is 75.7 Å². The van der Waals surface area contributed by atoms with Crippen molar-refractivity contribution in [1.82, 2.24) is 0 Å². The Kier molecular flexibility index (Phi) is 5.60. The van der Waals surface area contributed by atoms with E-state index in [4.69, 9.17) is 16.3 Å². The van der Waals surface area contributed by atoms with Crippen LogP contribution in [0.4, 0.5) is 15.8 Å². The summed E-state index contributed by atoms with van der Waals surface area (Å²) < 4.78 is 46.5. The van der Waals surface area contributed by atoms with E-state index in [2.05, 4.69) is 5.32 Å². The van der Waals surface area contributed by atoms with E-state index in [1.54, 1.807) is 12.1 Å². The van der Waals surface area contributed by atoms with Crippen molar-refractivity contribution < 1.29 is 22.3 Å². The number of fused-ring (bicyclic) bond motifs is 1. The normalized spacial score (nSPS) is 13.1. The van der Waals surface area contributed by atoms with E-state index in [0.717, 1.165) is 17.7 Å². The van der Waals surface area contributed by atoms with Crippen molar-refractivity contribution in [2.75, 3.05) is 23.3 Å². The number of methoxy groups -OCH3 is 1. The van der Waals surface area contributed by atoms with Crippen LogP contribution in [0.3, 0.4) is 0 Å². The van der Waals surface area contributed by atoms with Crippen molar-refractivity contribution in [2.24, 2.45) is 0 Å². The van der Waals surface area contributed by atoms with Gasteiger partial charge in [0.05, 0.1) is 34.0 Å². The molecule has 9 heteroatoms. The number of amides is 1. The Labute approximate surface area is 184 Å². The van der Waals surface area contributed by atoms with Gasteiger partial charge in [0.15, 0.2) is 0 Å². The molecule has 0 spiro atoms. The molecular formula is C22H18ClFN2O4S. The number of para-hydroxylation sites is 1. The maximum atomic E-state index is 13.3. The minimum atomic E-state index is -3.90.